The van der Waals surface area contributed by atoms with Crippen molar-refractivity contribution in [1.82, 2.24) is 0 Å². The molecule has 0 radical (unpaired) electrons. The maximum absolute atomic E-state index is 10.5. The van der Waals surface area contributed by atoms with Gasteiger partial charge in [-0.05, 0) is 6.42 Å². The van der Waals surface area contributed by atoms with Crippen molar-refractivity contribution >= 4 is 5.97 Å². The van der Waals surface area contributed by atoms with Crippen molar-refractivity contribution in [2.24, 2.45) is 5.92 Å². The van der Waals surface area contributed by atoms with Gasteiger partial charge in [0.15, 0.2) is 0 Å². The van der Waals surface area contributed by atoms with Crippen LogP contribution >= 0.6 is 0 Å². The van der Waals surface area contributed by atoms with Crippen LogP contribution in [0.15, 0.2) is 0 Å². The molecule has 0 spiro atoms. The highest BCUT2D eigenvalue weighted by Crippen LogP contribution is 2.01. The van der Waals surface area contributed by atoms with Crippen molar-refractivity contribution < 1.29 is 9.53 Å². The summed E-state index contributed by atoms with van der Waals surface area (Å²) in [5.74, 6) is -1.03. The fourth-order valence-electron chi connectivity index (χ4n) is 0.453. The van der Waals surface area contributed by atoms with Gasteiger partial charge in [-0.15, -0.1) is 0 Å². The quantitative estimate of drug-likeness (QED) is 0.513. The zero-order valence-electron chi connectivity index (χ0n) is 5.55. The predicted octanol–water partition coefficient (Wildman–Crippen LogP) is 0.709. The molecule has 0 saturated heterocycles. The molecule has 0 rings (SSSR count). The number of methoxy groups -OCH3 is 1. The van der Waals surface area contributed by atoms with E-state index in [9.17, 15) is 4.79 Å². The molecule has 0 N–H and O–H groups in total. The summed E-state index contributed by atoms with van der Waals surface area (Å²) in [5.41, 5.74) is 0. The molecular weight excluding hydrogens is 118 g/mol. The van der Waals surface area contributed by atoms with Crippen LogP contribution in [0.25, 0.3) is 0 Å². The van der Waals surface area contributed by atoms with Gasteiger partial charge in [-0.25, -0.2) is 0 Å². The number of esters is 1. The van der Waals surface area contributed by atoms with Crippen LogP contribution in [0.2, 0.25) is 0 Å². The Morgan fingerprint density at radius 3 is 2.56 bits per heavy atom. The monoisotopic (exact) mass is 127 g/mol. The summed E-state index contributed by atoms with van der Waals surface area (Å²) in [4.78, 5) is 10.5. The number of hydrogen-bond acceptors (Lipinski definition) is 3. The topological polar surface area (TPSA) is 50.1 Å². The highest BCUT2D eigenvalue weighted by Gasteiger charge is 2.14. The fourth-order valence-corrected chi connectivity index (χ4v) is 0.453. The van der Waals surface area contributed by atoms with Gasteiger partial charge in [0, 0.05) is 0 Å². The molecule has 9 heavy (non-hydrogen) atoms. The van der Waals surface area contributed by atoms with E-state index >= 15 is 0 Å². The lowest BCUT2D eigenvalue weighted by atomic mass is 10.1. The molecule has 1 atom stereocenters. The van der Waals surface area contributed by atoms with Gasteiger partial charge in [0.2, 0.25) is 0 Å². The first-order valence-corrected chi connectivity index (χ1v) is 2.73. The van der Waals surface area contributed by atoms with Crippen LogP contribution in [0.4, 0.5) is 0 Å². The van der Waals surface area contributed by atoms with Gasteiger partial charge in [0.05, 0.1) is 13.2 Å². The summed E-state index contributed by atoms with van der Waals surface area (Å²) in [5, 5.41) is 8.28. The smallest absolute Gasteiger partial charge is 0.323 e. The number of rotatable bonds is 2. The molecule has 3 heteroatoms. The summed E-state index contributed by atoms with van der Waals surface area (Å²) in [6, 6.07) is 1.83. The highest BCUT2D eigenvalue weighted by atomic mass is 16.5. The molecule has 0 heterocycles. The molecular formula is C6H9NO2. The van der Waals surface area contributed by atoms with Crippen LogP contribution < -0.4 is 0 Å². The maximum atomic E-state index is 10.5. The minimum absolute atomic E-state index is 0.444. The second-order valence-corrected chi connectivity index (χ2v) is 1.61. The molecule has 0 aliphatic rings. The van der Waals surface area contributed by atoms with Gasteiger partial charge in [0.25, 0.3) is 0 Å². The van der Waals surface area contributed by atoms with Crippen LogP contribution in [0, 0.1) is 17.2 Å². The summed E-state index contributed by atoms with van der Waals surface area (Å²) < 4.78 is 4.33. The lowest BCUT2D eigenvalue weighted by Gasteiger charge is -2.00. The molecule has 0 fully saturated rings. The number of carbonyl (C=O) groups excluding carboxylic acids is 1. The van der Waals surface area contributed by atoms with E-state index in [-0.39, 0.29) is 0 Å². The Labute approximate surface area is 54.2 Å². The van der Waals surface area contributed by atoms with E-state index in [0.29, 0.717) is 6.42 Å². The van der Waals surface area contributed by atoms with Crippen LogP contribution in [-0.4, -0.2) is 13.1 Å². The van der Waals surface area contributed by atoms with E-state index in [2.05, 4.69) is 4.74 Å². The van der Waals surface area contributed by atoms with Crippen LogP contribution in [-0.2, 0) is 9.53 Å². The molecule has 0 bridgehead atoms. The molecule has 0 aliphatic heterocycles. The predicted molar refractivity (Wildman–Crippen MR) is 31.4 cm³/mol. The second kappa shape index (κ2) is 3.90. The zero-order valence-corrected chi connectivity index (χ0v) is 5.55. The third kappa shape index (κ3) is 2.13. The third-order valence-corrected chi connectivity index (χ3v) is 1.05. The number of ether oxygens (including phenoxy) is 1. The Kier molecular flexibility index (Phi) is 3.45. The third-order valence-electron chi connectivity index (χ3n) is 1.05. The maximum Gasteiger partial charge on any atom is 0.323 e. The number of nitrogens with zero attached hydrogens (tertiary/aromatic N) is 1. The molecule has 0 aliphatic carbocycles. The second-order valence-electron chi connectivity index (χ2n) is 1.61. The number of carbonyl (C=O) groups is 1. The first-order valence-electron chi connectivity index (χ1n) is 2.73. The fraction of sp³-hybridized carbons (Fsp3) is 0.667. The van der Waals surface area contributed by atoms with Crippen molar-refractivity contribution in [2.75, 3.05) is 7.11 Å². The van der Waals surface area contributed by atoms with E-state index in [1.54, 1.807) is 6.92 Å². The Bertz CT molecular complexity index is 136. The summed E-state index contributed by atoms with van der Waals surface area (Å²) in [7, 11) is 1.28. The van der Waals surface area contributed by atoms with Gasteiger partial charge in [-0.2, -0.15) is 5.26 Å². The average Bonchev–Trinajstić information content (AvgIpc) is 1.90. The summed E-state index contributed by atoms with van der Waals surface area (Å²) in [6.45, 7) is 1.77. The van der Waals surface area contributed by atoms with Crippen LogP contribution in [0.3, 0.4) is 0 Å². The molecule has 0 amide bonds. The Morgan fingerprint density at radius 1 is 1.89 bits per heavy atom. The van der Waals surface area contributed by atoms with Crippen LogP contribution in [0.1, 0.15) is 13.3 Å². The Morgan fingerprint density at radius 2 is 2.44 bits per heavy atom. The number of hydrogen-bond donors (Lipinski definition) is 0. The lowest BCUT2D eigenvalue weighted by molar-refractivity contribution is -0.143. The first-order chi connectivity index (χ1) is 4.26. The van der Waals surface area contributed by atoms with E-state index in [1.165, 1.54) is 7.11 Å². The van der Waals surface area contributed by atoms with Crippen molar-refractivity contribution in [3.05, 3.63) is 0 Å². The minimum Gasteiger partial charge on any atom is -0.468 e. The van der Waals surface area contributed by atoms with Gasteiger partial charge in [-0.1, -0.05) is 6.92 Å². The van der Waals surface area contributed by atoms with Crippen molar-refractivity contribution in [1.29, 1.82) is 5.26 Å². The average molecular weight is 127 g/mol. The highest BCUT2D eigenvalue weighted by molar-refractivity contribution is 5.74. The summed E-state index contributed by atoms with van der Waals surface area (Å²) in [6.07, 6.45) is 0.517. The molecule has 0 saturated carbocycles. The van der Waals surface area contributed by atoms with E-state index in [0.717, 1.165) is 0 Å². The van der Waals surface area contributed by atoms with Crippen molar-refractivity contribution in [3.63, 3.8) is 0 Å². The van der Waals surface area contributed by atoms with Crippen molar-refractivity contribution in [3.8, 4) is 6.07 Å². The Balaban J connectivity index is 3.84. The standard InChI is InChI=1S/C6H9NO2/c1-3-5(4-7)6(8)9-2/h5H,3H2,1-2H3/t5-/m1/s1. The first kappa shape index (κ1) is 7.96. The van der Waals surface area contributed by atoms with Gasteiger partial charge >= 0.3 is 5.97 Å². The SMILES string of the molecule is CC[C@H](C#N)C(=O)OC. The van der Waals surface area contributed by atoms with Crippen molar-refractivity contribution in [2.45, 2.75) is 13.3 Å². The van der Waals surface area contributed by atoms with E-state index in [4.69, 9.17) is 5.26 Å². The largest absolute Gasteiger partial charge is 0.468 e. The molecule has 0 unspecified atom stereocenters. The summed E-state index contributed by atoms with van der Waals surface area (Å²) >= 11 is 0. The molecule has 0 aromatic carbocycles. The zero-order chi connectivity index (χ0) is 7.28. The minimum atomic E-state index is -0.588. The normalized spacial score (nSPS) is 11.7. The number of nitriles is 1. The molecule has 50 valence electrons. The van der Waals surface area contributed by atoms with E-state index < -0.39 is 11.9 Å². The van der Waals surface area contributed by atoms with Gasteiger partial charge in [-0.3, -0.25) is 4.79 Å². The Hall–Kier alpha value is -1.04. The molecule has 0 aromatic rings. The van der Waals surface area contributed by atoms with E-state index in [1.807, 2.05) is 6.07 Å². The molecule has 0 aromatic heterocycles. The van der Waals surface area contributed by atoms with Crippen LogP contribution in [0.5, 0.6) is 0 Å². The van der Waals surface area contributed by atoms with Gasteiger partial charge < -0.3 is 4.74 Å². The van der Waals surface area contributed by atoms with Gasteiger partial charge in [0.1, 0.15) is 5.92 Å². The lowest BCUT2D eigenvalue weighted by Crippen LogP contribution is -2.12. The molecule has 3 nitrogen and oxygen atoms in total.